The quantitative estimate of drug-likeness (QED) is 0.559. The summed E-state index contributed by atoms with van der Waals surface area (Å²) >= 11 is 0. The lowest BCUT2D eigenvalue weighted by molar-refractivity contribution is 0.0951. The van der Waals surface area contributed by atoms with E-state index in [0.717, 1.165) is 0 Å². The first-order valence-electron chi connectivity index (χ1n) is 8.58. The van der Waals surface area contributed by atoms with Gasteiger partial charge in [0.15, 0.2) is 5.65 Å². The van der Waals surface area contributed by atoms with E-state index in [1.54, 1.807) is 59.3 Å². The molecule has 1 aromatic carbocycles. The predicted molar refractivity (Wildman–Crippen MR) is 99.1 cm³/mol. The zero-order valence-corrected chi connectivity index (χ0v) is 14.7. The first kappa shape index (κ1) is 17.6. The Hall–Kier alpha value is -3.81. The number of nitrogens with zero attached hydrogens (tertiary/aromatic N) is 4. The van der Waals surface area contributed by atoms with Crippen LogP contribution < -0.4 is 10.1 Å². The molecule has 3 heterocycles. The van der Waals surface area contributed by atoms with Crippen molar-refractivity contribution < 1.29 is 13.9 Å². The Bertz CT molecular complexity index is 1110. The van der Waals surface area contributed by atoms with Gasteiger partial charge in [-0.05, 0) is 30.3 Å². The van der Waals surface area contributed by atoms with Gasteiger partial charge in [0.25, 0.3) is 5.91 Å². The maximum Gasteiger partial charge on any atom is 0.255 e. The van der Waals surface area contributed by atoms with Crippen molar-refractivity contribution in [1.82, 2.24) is 24.9 Å². The van der Waals surface area contributed by atoms with E-state index >= 15 is 0 Å². The van der Waals surface area contributed by atoms with Crippen molar-refractivity contribution in [3.63, 3.8) is 0 Å². The monoisotopic (exact) mass is 377 g/mol. The third-order valence-corrected chi connectivity index (χ3v) is 4.15. The van der Waals surface area contributed by atoms with Gasteiger partial charge in [-0.3, -0.25) is 14.2 Å². The molecule has 0 unspecified atom stereocenters. The maximum absolute atomic E-state index is 13.6. The number of carbonyl (C=O) groups excluding carboxylic acids is 1. The van der Waals surface area contributed by atoms with Crippen LogP contribution in [0.25, 0.3) is 5.65 Å². The van der Waals surface area contributed by atoms with E-state index in [-0.39, 0.29) is 24.9 Å². The number of hydrogen-bond donors (Lipinski definition) is 1. The molecule has 0 aliphatic heterocycles. The van der Waals surface area contributed by atoms with Crippen LogP contribution in [-0.2, 0) is 13.2 Å². The molecule has 0 aliphatic rings. The summed E-state index contributed by atoms with van der Waals surface area (Å²) in [4.78, 5) is 16.7. The Morgan fingerprint density at radius 1 is 1.14 bits per heavy atom. The minimum atomic E-state index is -0.308. The molecule has 1 amide bonds. The Morgan fingerprint density at radius 2 is 2.04 bits per heavy atom. The van der Waals surface area contributed by atoms with Gasteiger partial charge in [0.1, 0.15) is 24.5 Å². The van der Waals surface area contributed by atoms with Gasteiger partial charge in [-0.15, -0.1) is 10.2 Å². The molecule has 8 heteroatoms. The van der Waals surface area contributed by atoms with Gasteiger partial charge >= 0.3 is 0 Å². The van der Waals surface area contributed by atoms with E-state index < -0.39 is 0 Å². The highest BCUT2D eigenvalue weighted by Gasteiger charge is 2.12. The molecule has 0 saturated heterocycles. The van der Waals surface area contributed by atoms with Gasteiger partial charge in [-0.2, -0.15) is 0 Å². The summed E-state index contributed by atoms with van der Waals surface area (Å²) in [6.45, 7) is 0.369. The first-order chi connectivity index (χ1) is 13.7. The van der Waals surface area contributed by atoms with Crippen molar-refractivity contribution >= 4 is 11.6 Å². The highest BCUT2D eigenvalue weighted by Crippen LogP contribution is 2.14. The number of amides is 1. The fourth-order valence-electron chi connectivity index (χ4n) is 2.67. The summed E-state index contributed by atoms with van der Waals surface area (Å²) in [5.74, 6) is -0.0516. The largest absolute Gasteiger partial charge is 0.487 e. The van der Waals surface area contributed by atoms with Crippen molar-refractivity contribution in [1.29, 1.82) is 0 Å². The van der Waals surface area contributed by atoms with Gasteiger partial charge < -0.3 is 10.1 Å². The topological polar surface area (TPSA) is 81.4 Å². The molecule has 0 aliphatic carbocycles. The van der Waals surface area contributed by atoms with Crippen molar-refractivity contribution in [3.8, 4) is 5.75 Å². The van der Waals surface area contributed by atoms with Gasteiger partial charge in [0, 0.05) is 11.8 Å². The third-order valence-electron chi connectivity index (χ3n) is 4.15. The number of pyridine rings is 2. The SMILES string of the molecule is O=C(NCc1ccc(OCc2ccccc2F)cn1)c1cccn2cnnc12. The molecule has 0 atom stereocenters. The number of nitrogens with one attached hydrogen (secondary N) is 1. The van der Waals surface area contributed by atoms with Crippen LogP contribution in [0.3, 0.4) is 0 Å². The van der Waals surface area contributed by atoms with Gasteiger partial charge in [0.2, 0.25) is 0 Å². The summed E-state index contributed by atoms with van der Waals surface area (Å²) in [6.07, 6.45) is 4.85. The van der Waals surface area contributed by atoms with E-state index in [9.17, 15) is 9.18 Å². The standard InChI is InChI=1S/C20H16FN5O2/c21-18-6-2-1-4-14(18)12-28-16-8-7-15(22-11-16)10-23-20(27)17-5-3-9-26-13-24-25-19(17)26/h1-9,11,13H,10,12H2,(H,23,27). The zero-order valence-electron chi connectivity index (χ0n) is 14.7. The van der Waals surface area contributed by atoms with Crippen LogP contribution in [0, 0.1) is 5.82 Å². The lowest BCUT2D eigenvalue weighted by atomic mass is 10.2. The van der Waals surface area contributed by atoms with Crippen molar-refractivity contribution in [3.05, 3.63) is 89.9 Å². The van der Waals surface area contributed by atoms with E-state index in [1.807, 2.05) is 0 Å². The molecular formula is C20H16FN5O2. The van der Waals surface area contributed by atoms with Crippen LogP contribution in [0.5, 0.6) is 5.75 Å². The normalized spacial score (nSPS) is 10.8. The van der Waals surface area contributed by atoms with Crippen LogP contribution in [0.2, 0.25) is 0 Å². The summed E-state index contributed by atoms with van der Waals surface area (Å²) < 4.78 is 20.8. The van der Waals surface area contributed by atoms with E-state index in [2.05, 4.69) is 20.5 Å². The average molecular weight is 377 g/mol. The van der Waals surface area contributed by atoms with Crippen LogP contribution in [0.15, 0.2) is 67.3 Å². The first-order valence-corrected chi connectivity index (χ1v) is 8.58. The number of carbonyl (C=O) groups is 1. The number of ether oxygens (including phenoxy) is 1. The average Bonchev–Trinajstić information content (AvgIpc) is 3.21. The third kappa shape index (κ3) is 3.80. The minimum absolute atomic E-state index is 0.118. The van der Waals surface area contributed by atoms with Crippen LogP contribution in [0.1, 0.15) is 21.6 Å². The van der Waals surface area contributed by atoms with Gasteiger partial charge in [-0.25, -0.2) is 4.39 Å². The Kier molecular flexibility index (Phi) is 4.92. The van der Waals surface area contributed by atoms with E-state index in [0.29, 0.717) is 28.2 Å². The second kappa shape index (κ2) is 7.83. The second-order valence-electron chi connectivity index (χ2n) is 6.03. The molecule has 7 nitrogen and oxygen atoms in total. The fraction of sp³-hybridized carbons (Fsp3) is 0.100. The molecule has 0 saturated carbocycles. The van der Waals surface area contributed by atoms with E-state index in [4.69, 9.17) is 4.74 Å². The smallest absolute Gasteiger partial charge is 0.255 e. The van der Waals surface area contributed by atoms with Crippen molar-refractivity contribution in [2.45, 2.75) is 13.2 Å². The summed E-state index contributed by atoms with van der Waals surface area (Å²) in [6, 6.07) is 13.4. The number of rotatable bonds is 6. The molecule has 0 spiro atoms. The van der Waals surface area contributed by atoms with E-state index in [1.165, 1.54) is 12.4 Å². The van der Waals surface area contributed by atoms with Gasteiger partial charge in [-0.1, -0.05) is 18.2 Å². The van der Waals surface area contributed by atoms with Crippen LogP contribution in [0.4, 0.5) is 4.39 Å². The predicted octanol–water partition coefficient (Wildman–Crippen LogP) is 2.77. The molecule has 0 fully saturated rings. The lowest BCUT2D eigenvalue weighted by Gasteiger charge is -2.08. The molecule has 28 heavy (non-hydrogen) atoms. The lowest BCUT2D eigenvalue weighted by Crippen LogP contribution is -2.24. The van der Waals surface area contributed by atoms with Crippen LogP contribution >= 0.6 is 0 Å². The van der Waals surface area contributed by atoms with Crippen LogP contribution in [-0.4, -0.2) is 25.5 Å². The maximum atomic E-state index is 13.6. The Morgan fingerprint density at radius 3 is 2.86 bits per heavy atom. The molecule has 3 aromatic heterocycles. The Labute approximate surface area is 159 Å². The second-order valence-corrected chi connectivity index (χ2v) is 6.03. The number of hydrogen-bond acceptors (Lipinski definition) is 5. The van der Waals surface area contributed by atoms with Crippen molar-refractivity contribution in [2.24, 2.45) is 0 Å². The molecule has 1 N–H and O–H groups in total. The number of halogens is 1. The zero-order chi connectivity index (χ0) is 19.3. The fourth-order valence-corrected chi connectivity index (χ4v) is 2.67. The molecule has 4 rings (SSSR count). The molecule has 4 aromatic rings. The number of fused-ring (bicyclic) bond motifs is 1. The highest BCUT2D eigenvalue weighted by atomic mass is 19.1. The molecule has 140 valence electrons. The Balaban J connectivity index is 1.35. The number of aromatic nitrogens is 4. The van der Waals surface area contributed by atoms with Crippen molar-refractivity contribution in [2.75, 3.05) is 0 Å². The highest BCUT2D eigenvalue weighted by molar-refractivity contribution is 5.99. The summed E-state index contributed by atoms with van der Waals surface area (Å²) in [7, 11) is 0. The summed E-state index contributed by atoms with van der Waals surface area (Å²) in [5.41, 5.74) is 2.07. The molecule has 0 radical (unpaired) electrons. The molecule has 0 bridgehead atoms. The molecular weight excluding hydrogens is 361 g/mol. The number of benzene rings is 1. The minimum Gasteiger partial charge on any atom is -0.487 e. The summed E-state index contributed by atoms with van der Waals surface area (Å²) in [5, 5.41) is 10.6. The van der Waals surface area contributed by atoms with Gasteiger partial charge in [0.05, 0.1) is 24.0 Å².